The first-order valence-electron chi connectivity index (χ1n) is 6.79. The van der Waals surface area contributed by atoms with Crippen LogP contribution in [0.2, 0.25) is 0 Å². The molecule has 0 radical (unpaired) electrons. The van der Waals surface area contributed by atoms with Crippen molar-refractivity contribution in [3.8, 4) is 22.7 Å². The molecule has 0 aliphatic heterocycles. The number of phenolic OH excluding ortho intramolecular Hbond substituents is 1. The molecule has 21 heavy (non-hydrogen) atoms. The van der Waals surface area contributed by atoms with Gasteiger partial charge in [0.25, 0.3) is 0 Å². The van der Waals surface area contributed by atoms with Crippen LogP contribution < -0.4 is 5.73 Å². The lowest BCUT2D eigenvalue weighted by Crippen LogP contribution is -2.02. The van der Waals surface area contributed by atoms with Crippen molar-refractivity contribution in [1.82, 2.24) is 15.0 Å². The molecule has 0 fully saturated rings. The highest BCUT2D eigenvalue weighted by molar-refractivity contribution is 5.71. The Labute approximate surface area is 122 Å². The molecule has 3 aromatic rings. The zero-order valence-electron chi connectivity index (χ0n) is 11.7. The summed E-state index contributed by atoms with van der Waals surface area (Å²) in [6.07, 6.45) is 0.992. The van der Waals surface area contributed by atoms with Gasteiger partial charge in [-0.05, 0) is 24.1 Å². The lowest BCUT2D eigenvalue weighted by molar-refractivity contribution is 0.475. The number of anilines is 1. The van der Waals surface area contributed by atoms with Gasteiger partial charge in [0.1, 0.15) is 11.4 Å². The molecule has 0 bridgehead atoms. The Morgan fingerprint density at radius 3 is 2.57 bits per heavy atom. The molecule has 3 rings (SSSR count). The Kier molecular flexibility index (Phi) is 3.31. The third-order valence-corrected chi connectivity index (χ3v) is 3.41. The molecule has 0 aliphatic rings. The first-order valence-corrected chi connectivity index (χ1v) is 6.79. The van der Waals surface area contributed by atoms with Gasteiger partial charge in [0.15, 0.2) is 5.82 Å². The smallest absolute Gasteiger partial charge is 0.155 e. The SMILES string of the molecule is CCc1ccc(-c2nnn(-c3cccc(O)c3)c2N)cc1. The van der Waals surface area contributed by atoms with E-state index in [2.05, 4.69) is 29.4 Å². The van der Waals surface area contributed by atoms with Crippen LogP contribution in [0, 0.1) is 0 Å². The van der Waals surface area contributed by atoms with Crippen LogP contribution in [-0.4, -0.2) is 20.1 Å². The molecule has 0 amide bonds. The zero-order chi connectivity index (χ0) is 14.8. The van der Waals surface area contributed by atoms with E-state index in [9.17, 15) is 5.11 Å². The monoisotopic (exact) mass is 280 g/mol. The van der Waals surface area contributed by atoms with E-state index in [0.717, 1.165) is 12.0 Å². The number of aromatic nitrogens is 3. The molecule has 2 aromatic carbocycles. The summed E-state index contributed by atoms with van der Waals surface area (Å²) in [5.41, 5.74) is 9.65. The highest BCUT2D eigenvalue weighted by Crippen LogP contribution is 2.26. The maximum absolute atomic E-state index is 9.54. The largest absolute Gasteiger partial charge is 0.508 e. The van der Waals surface area contributed by atoms with Crippen LogP contribution in [-0.2, 0) is 6.42 Å². The van der Waals surface area contributed by atoms with E-state index in [1.54, 1.807) is 18.2 Å². The van der Waals surface area contributed by atoms with Crippen LogP contribution in [0.4, 0.5) is 5.82 Å². The van der Waals surface area contributed by atoms with Crippen molar-refractivity contribution in [1.29, 1.82) is 0 Å². The third-order valence-electron chi connectivity index (χ3n) is 3.41. The van der Waals surface area contributed by atoms with Crippen LogP contribution >= 0.6 is 0 Å². The summed E-state index contributed by atoms with van der Waals surface area (Å²) in [4.78, 5) is 0. The fourth-order valence-electron chi connectivity index (χ4n) is 2.21. The van der Waals surface area contributed by atoms with Crippen molar-refractivity contribution >= 4 is 5.82 Å². The van der Waals surface area contributed by atoms with Gasteiger partial charge in [0.2, 0.25) is 0 Å². The quantitative estimate of drug-likeness (QED) is 0.773. The van der Waals surface area contributed by atoms with Crippen molar-refractivity contribution in [2.75, 3.05) is 5.73 Å². The van der Waals surface area contributed by atoms with Gasteiger partial charge in [0, 0.05) is 11.6 Å². The second-order valence-corrected chi connectivity index (χ2v) is 4.81. The number of rotatable bonds is 3. The molecular weight excluding hydrogens is 264 g/mol. The minimum absolute atomic E-state index is 0.163. The van der Waals surface area contributed by atoms with Gasteiger partial charge >= 0.3 is 0 Å². The molecule has 1 heterocycles. The summed E-state index contributed by atoms with van der Waals surface area (Å²) >= 11 is 0. The number of nitrogens with two attached hydrogens (primary N) is 1. The topological polar surface area (TPSA) is 77.0 Å². The average molecular weight is 280 g/mol. The van der Waals surface area contributed by atoms with Gasteiger partial charge < -0.3 is 10.8 Å². The fraction of sp³-hybridized carbons (Fsp3) is 0.125. The minimum atomic E-state index is 0.163. The molecule has 0 unspecified atom stereocenters. The summed E-state index contributed by atoms with van der Waals surface area (Å²) < 4.78 is 1.52. The van der Waals surface area contributed by atoms with E-state index in [-0.39, 0.29) is 5.75 Å². The zero-order valence-corrected chi connectivity index (χ0v) is 11.7. The number of phenols is 1. The number of hydrogen-bond donors (Lipinski definition) is 2. The van der Waals surface area contributed by atoms with Crippen molar-refractivity contribution in [3.63, 3.8) is 0 Å². The molecule has 106 valence electrons. The first-order chi connectivity index (χ1) is 10.2. The van der Waals surface area contributed by atoms with Gasteiger partial charge in [-0.1, -0.05) is 42.5 Å². The van der Waals surface area contributed by atoms with Crippen LogP contribution in [0.15, 0.2) is 48.5 Å². The second kappa shape index (κ2) is 5.28. The number of aromatic hydroxyl groups is 1. The van der Waals surface area contributed by atoms with Crippen LogP contribution in [0.3, 0.4) is 0 Å². The summed E-state index contributed by atoms with van der Waals surface area (Å²) in [5.74, 6) is 0.612. The van der Waals surface area contributed by atoms with Crippen LogP contribution in [0.1, 0.15) is 12.5 Å². The molecule has 5 heteroatoms. The molecule has 0 saturated carbocycles. The van der Waals surface area contributed by atoms with Crippen molar-refractivity contribution in [2.45, 2.75) is 13.3 Å². The molecular formula is C16H16N4O. The number of benzene rings is 2. The van der Waals surface area contributed by atoms with E-state index in [4.69, 9.17) is 5.73 Å². The highest BCUT2D eigenvalue weighted by Gasteiger charge is 2.13. The van der Waals surface area contributed by atoms with Gasteiger partial charge in [0.05, 0.1) is 5.69 Å². The Morgan fingerprint density at radius 1 is 1.14 bits per heavy atom. The Balaban J connectivity index is 2.02. The predicted molar refractivity (Wildman–Crippen MR) is 82.3 cm³/mol. The normalized spacial score (nSPS) is 10.7. The summed E-state index contributed by atoms with van der Waals surface area (Å²) in [6.45, 7) is 2.11. The minimum Gasteiger partial charge on any atom is -0.508 e. The maximum Gasteiger partial charge on any atom is 0.155 e. The third kappa shape index (κ3) is 2.45. The Morgan fingerprint density at radius 2 is 1.90 bits per heavy atom. The van der Waals surface area contributed by atoms with E-state index in [1.165, 1.54) is 10.2 Å². The molecule has 0 atom stereocenters. The molecule has 1 aromatic heterocycles. The van der Waals surface area contributed by atoms with E-state index >= 15 is 0 Å². The number of nitrogens with zero attached hydrogens (tertiary/aromatic N) is 3. The summed E-state index contributed by atoms with van der Waals surface area (Å²) in [7, 11) is 0. The molecule has 3 N–H and O–H groups in total. The van der Waals surface area contributed by atoms with E-state index in [0.29, 0.717) is 17.2 Å². The first kappa shape index (κ1) is 13.2. The second-order valence-electron chi connectivity index (χ2n) is 4.81. The molecule has 0 spiro atoms. The van der Waals surface area contributed by atoms with Crippen molar-refractivity contribution in [3.05, 3.63) is 54.1 Å². The van der Waals surface area contributed by atoms with Crippen LogP contribution in [0.25, 0.3) is 16.9 Å². The Hall–Kier alpha value is -2.82. The lowest BCUT2D eigenvalue weighted by atomic mass is 10.1. The summed E-state index contributed by atoms with van der Waals surface area (Å²) in [6, 6.07) is 14.8. The van der Waals surface area contributed by atoms with Gasteiger partial charge in [-0.2, -0.15) is 4.68 Å². The van der Waals surface area contributed by atoms with E-state index < -0.39 is 0 Å². The van der Waals surface area contributed by atoms with Gasteiger partial charge in [-0.15, -0.1) is 5.10 Å². The van der Waals surface area contributed by atoms with Crippen molar-refractivity contribution in [2.24, 2.45) is 0 Å². The van der Waals surface area contributed by atoms with Gasteiger partial charge in [-0.3, -0.25) is 0 Å². The fourth-order valence-corrected chi connectivity index (χ4v) is 2.21. The number of hydrogen-bond acceptors (Lipinski definition) is 4. The van der Waals surface area contributed by atoms with E-state index in [1.807, 2.05) is 18.2 Å². The highest BCUT2D eigenvalue weighted by atomic mass is 16.3. The van der Waals surface area contributed by atoms with Crippen molar-refractivity contribution < 1.29 is 5.11 Å². The molecule has 0 saturated heterocycles. The Bertz CT molecular complexity index is 762. The molecule has 0 aliphatic carbocycles. The maximum atomic E-state index is 9.54. The van der Waals surface area contributed by atoms with Crippen LogP contribution in [0.5, 0.6) is 5.75 Å². The predicted octanol–water partition coefficient (Wildman–Crippen LogP) is 2.78. The molecule has 5 nitrogen and oxygen atoms in total. The lowest BCUT2D eigenvalue weighted by Gasteiger charge is -2.04. The standard InChI is InChI=1S/C16H16N4O/c1-2-11-6-8-12(9-7-11)15-16(17)20(19-18-15)13-4-3-5-14(21)10-13/h3-10,21H,2,17H2,1H3. The number of aryl methyl sites for hydroxylation is 1. The summed E-state index contributed by atoms with van der Waals surface area (Å²) in [5, 5.41) is 17.8. The number of nitrogen functional groups attached to an aromatic ring is 1. The average Bonchev–Trinajstić information content (AvgIpc) is 2.89. The van der Waals surface area contributed by atoms with Gasteiger partial charge in [-0.25, -0.2) is 0 Å².